The van der Waals surface area contributed by atoms with E-state index in [1.807, 2.05) is 11.0 Å². The quantitative estimate of drug-likeness (QED) is 0.823. The van der Waals surface area contributed by atoms with Crippen LogP contribution in [0.25, 0.3) is 0 Å². The molecule has 138 valence electrons. The molecule has 0 saturated carbocycles. The molecule has 26 heavy (non-hydrogen) atoms. The highest BCUT2D eigenvalue weighted by Gasteiger charge is 2.48. The number of anilines is 1. The van der Waals surface area contributed by atoms with Crippen molar-refractivity contribution in [2.75, 3.05) is 18.0 Å². The smallest absolute Gasteiger partial charge is 0.259 e. The highest BCUT2D eigenvalue weighted by atomic mass is 19.1. The first-order valence-corrected chi connectivity index (χ1v) is 9.12. The highest BCUT2D eigenvalue weighted by Crippen LogP contribution is 2.44. The summed E-state index contributed by atoms with van der Waals surface area (Å²) in [5.41, 5.74) is 2.03. The second-order valence-corrected chi connectivity index (χ2v) is 8.05. The normalized spacial score (nSPS) is 24.6. The van der Waals surface area contributed by atoms with E-state index >= 15 is 0 Å². The monoisotopic (exact) mass is 357 g/mol. The summed E-state index contributed by atoms with van der Waals surface area (Å²) in [5, 5.41) is 3.82. The molecule has 1 amide bonds. The fourth-order valence-corrected chi connectivity index (χ4v) is 4.77. The Labute approximate surface area is 152 Å². The molecule has 2 fully saturated rings. The van der Waals surface area contributed by atoms with E-state index in [0.29, 0.717) is 36.3 Å². The zero-order valence-corrected chi connectivity index (χ0v) is 15.4. The molecule has 0 unspecified atom stereocenters. The van der Waals surface area contributed by atoms with Crippen molar-refractivity contribution in [1.82, 2.24) is 10.1 Å². The van der Waals surface area contributed by atoms with E-state index in [2.05, 4.69) is 23.9 Å². The van der Waals surface area contributed by atoms with Crippen LogP contribution in [0.15, 0.2) is 35.1 Å². The molecular formula is C20H24FN3O2. The lowest BCUT2D eigenvalue weighted by molar-refractivity contribution is 0.0666. The molecule has 1 aromatic heterocycles. The molecule has 0 radical (unpaired) electrons. The zero-order valence-electron chi connectivity index (χ0n) is 15.4. The minimum Gasteiger partial charge on any atom is -0.364 e. The molecule has 2 aromatic rings. The molecule has 0 N–H and O–H groups in total. The van der Waals surface area contributed by atoms with Gasteiger partial charge in [0, 0.05) is 30.4 Å². The van der Waals surface area contributed by atoms with Crippen molar-refractivity contribution in [3.63, 3.8) is 0 Å². The molecule has 1 aromatic carbocycles. The zero-order chi connectivity index (χ0) is 18.5. The predicted molar refractivity (Wildman–Crippen MR) is 96.6 cm³/mol. The van der Waals surface area contributed by atoms with Crippen molar-refractivity contribution in [1.29, 1.82) is 0 Å². The lowest BCUT2D eigenvalue weighted by Gasteiger charge is -2.41. The second kappa shape index (κ2) is 6.11. The summed E-state index contributed by atoms with van der Waals surface area (Å²) >= 11 is 0. The van der Waals surface area contributed by atoms with Crippen molar-refractivity contribution in [2.24, 2.45) is 5.92 Å². The maximum Gasteiger partial charge on any atom is 0.259 e. The number of piperidine rings is 1. The van der Waals surface area contributed by atoms with E-state index in [0.717, 1.165) is 18.5 Å². The Morgan fingerprint density at radius 2 is 2.19 bits per heavy atom. The van der Waals surface area contributed by atoms with Crippen LogP contribution in [0.4, 0.5) is 10.1 Å². The minimum atomic E-state index is -0.211. The molecular weight excluding hydrogens is 333 g/mol. The summed E-state index contributed by atoms with van der Waals surface area (Å²) in [5.74, 6) is 0.146. The Bertz CT molecular complexity index is 832. The van der Waals surface area contributed by atoms with Gasteiger partial charge in [-0.1, -0.05) is 11.2 Å². The van der Waals surface area contributed by atoms with Crippen LogP contribution in [0.5, 0.6) is 0 Å². The Hall–Kier alpha value is -2.37. The van der Waals surface area contributed by atoms with Gasteiger partial charge in [0.25, 0.3) is 5.91 Å². The molecule has 0 bridgehead atoms. The van der Waals surface area contributed by atoms with Gasteiger partial charge in [0.2, 0.25) is 0 Å². The maximum atomic E-state index is 13.8. The van der Waals surface area contributed by atoms with E-state index in [-0.39, 0.29) is 17.3 Å². The highest BCUT2D eigenvalue weighted by molar-refractivity contribution is 5.94. The third-order valence-electron chi connectivity index (χ3n) is 5.79. The van der Waals surface area contributed by atoms with Crippen LogP contribution >= 0.6 is 0 Å². The van der Waals surface area contributed by atoms with Crippen molar-refractivity contribution < 1.29 is 13.7 Å². The number of halogens is 1. The van der Waals surface area contributed by atoms with Crippen molar-refractivity contribution in [3.05, 3.63) is 47.6 Å². The number of fused-ring (bicyclic) bond motifs is 1. The lowest BCUT2D eigenvalue weighted by Crippen LogP contribution is -2.50. The molecule has 3 heterocycles. The maximum absolute atomic E-state index is 13.8. The van der Waals surface area contributed by atoms with Crippen LogP contribution in [-0.4, -0.2) is 40.6 Å². The minimum absolute atomic E-state index is 0.00999. The topological polar surface area (TPSA) is 49.6 Å². The first-order valence-electron chi connectivity index (χ1n) is 9.12. The molecule has 5 nitrogen and oxygen atoms in total. The van der Waals surface area contributed by atoms with Gasteiger partial charge in [0.05, 0.1) is 5.69 Å². The van der Waals surface area contributed by atoms with E-state index in [4.69, 9.17) is 4.52 Å². The Morgan fingerprint density at radius 3 is 2.88 bits per heavy atom. The number of benzene rings is 1. The van der Waals surface area contributed by atoms with Gasteiger partial charge in [-0.05, 0) is 57.7 Å². The predicted octanol–water partition coefficient (Wildman–Crippen LogP) is 3.64. The van der Waals surface area contributed by atoms with Gasteiger partial charge in [-0.25, -0.2) is 4.39 Å². The third-order valence-corrected chi connectivity index (χ3v) is 5.79. The Kier molecular flexibility index (Phi) is 4.01. The number of carbonyl (C=O) groups excluding carboxylic acids is 1. The van der Waals surface area contributed by atoms with Gasteiger partial charge in [0.1, 0.15) is 17.6 Å². The fourth-order valence-electron chi connectivity index (χ4n) is 4.77. The summed E-state index contributed by atoms with van der Waals surface area (Å²) in [4.78, 5) is 17.1. The Morgan fingerprint density at radius 1 is 1.38 bits per heavy atom. The van der Waals surface area contributed by atoms with Gasteiger partial charge in [-0.2, -0.15) is 0 Å². The van der Waals surface area contributed by atoms with E-state index in [1.54, 1.807) is 19.1 Å². The number of hydrogen-bond donors (Lipinski definition) is 0. The SMILES string of the molecule is Cc1nocc1C(=O)N1CC[C@H]2[C@@H](C1)CC(C)(C)N2c1cccc(F)c1. The molecule has 6 heteroatoms. The molecule has 2 aliphatic heterocycles. The van der Waals surface area contributed by atoms with E-state index in [9.17, 15) is 9.18 Å². The number of aryl methyl sites for hydroxylation is 1. The van der Waals surface area contributed by atoms with Gasteiger partial charge in [0.15, 0.2) is 0 Å². The lowest BCUT2D eigenvalue weighted by atomic mass is 9.89. The van der Waals surface area contributed by atoms with Crippen LogP contribution in [0.1, 0.15) is 42.7 Å². The number of amides is 1. The van der Waals surface area contributed by atoms with Crippen molar-refractivity contribution in [2.45, 2.75) is 45.2 Å². The summed E-state index contributed by atoms with van der Waals surface area (Å²) in [6.07, 6.45) is 3.28. The van der Waals surface area contributed by atoms with Crippen LogP contribution in [-0.2, 0) is 0 Å². The van der Waals surface area contributed by atoms with E-state index < -0.39 is 0 Å². The summed E-state index contributed by atoms with van der Waals surface area (Å²) < 4.78 is 18.7. The molecule has 2 saturated heterocycles. The summed E-state index contributed by atoms with van der Waals surface area (Å²) in [7, 11) is 0. The molecule has 2 aliphatic rings. The number of nitrogens with zero attached hydrogens (tertiary/aromatic N) is 3. The molecule has 0 aliphatic carbocycles. The van der Waals surface area contributed by atoms with Gasteiger partial charge < -0.3 is 14.3 Å². The Balaban J connectivity index is 1.57. The fraction of sp³-hybridized carbons (Fsp3) is 0.500. The van der Waals surface area contributed by atoms with Crippen molar-refractivity contribution in [3.8, 4) is 0 Å². The van der Waals surface area contributed by atoms with Gasteiger partial charge >= 0.3 is 0 Å². The number of rotatable bonds is 2. The van der Waals surface area contributed by atoms with Gasteiger partial charge in [-0.3, -0.25) is 4.79 Å². The third kappa shape index (κ3) is 2.77. The average Bonchev–Trinajstić information content (AvgIpc) is 3.12. The summed E-state index contributed by atoms with van der Waals surface area (Å²) in [6.45, 7) is 7.59. The first-order chi connectivity index (χ1) is 12.4. The molecule has 2 atom stereocenters. The molecule has 4 rings (SSSR count). The van der Waals surface area contributed by atoms with E-state index in [1.165, 1.54) is 12.3 Å². The van der Waals surface area contributed by atoms with Crippen LogP contribution in [0.3, 0.4) is 0 Å². The summed E-state index contributed by atoms with van der Waals surface area (Å²) in [6, 6.07) is 7.15. The average molecular weight is 357 g/mol. The first kappa shape index (κ1) is 17.1. The van der Waals surface area contributed by atoms with Crippen LogP contribution in [0.2, 0.25) is 0 Å². The largest absolute Gasteiger partial charge is 0.364 e. The van der Waals surface area contributed by atoms with Crippen LogP contribution < -0.4 is 4.90 Å². The molecule has 0 spiro atoms. The number of hydrogen-bond acceptors (Lipinski definition) is 4. The van der Waals surface area contributed by atoms with Crippen LogP contribution in [0, 0.1) is 18.7 Å². The van der Waals surface area contributed by atoms with Crippen molar-refractivity contribution >= 4 is 11.6 Å². The number of likely N-dealkylation sites (tertiary alicyclic amines) is 1. The standard InChI is InChI=1S/C20H24FN3O2/c1-13-17(12-26-22-13)19(25)23-8-7-18-14(11-23)10-20(2,3)24(18)16-6-4-5-15(21)9-16/h4-6,9,12,14,18H,7-8,10-11H2,1-3H3/t14-,18+/m1/s1. The second-order valence-electron chi connectivity index (χ2n) is 8.05. The van der Waals surface area contributed by atoms with Gasteiger partial charge in [-0.15, -0.1) is 0 Å². The number of aromatic nitrogens is 1. The number of carbonyl (C=O) groups is 1.